The molecule has 0 bridgehead atoms. The van der Waals surface area contributed by atoms with Gasteiger partial charge in [-0.3, -0.25) is 0 Å². The number of fused-ring (bicyclic) bond motifs is 1. The molecule has 0 aliphatic carbocycles. The van der Waals surface area contributed by atoms with Gasteiger partial charge < -0.3 is 10.1 Å². The van der Waals surface area contributed by atoms with Gasteiger partial charge in [-0.25, -0.2) is 9.18 Å². The van der Waals surface area contributed by atoms with Crippen molar-refractivity contribution >= 4 is 28.5 Å². The molecular formula is C9H5ClFNO2. The molecule has 1 aromatic heterocycles. The maximum atomic E-state index is 13.3. The third-order valence-corrected chi connectivity index (χ3v) is 2.14. The van der Waals surface area contributed by atoms with Gasteiger partial charge in [0.05, 0.1) is 11.1 Å². The van der Waals surface area contributed by atoms with Gasteiger partial charge in [0.25, 0.3) is 0 Å². The van der Waals surface area contributed by atoms with E-state index in [-0.39, 0.29) is 16.0 Å². The molecule has 0 fully saturated rings. The number of carboxylic acids is 1. The van der Waals surface area contributed by atoms with Gasteiger partial charge in [0.2, 0.25) is 0 Å². The van der Waals surface area contributed by atoms with Crippen LogP contribution in [-0.4, -0.2) is 16.1 Å². The number of aromatic nitrogens is 1. The second kappa shape index (κ2) is 2.99. The van der Waals surface area contributed by atoms with E-state index in [2.05, 4.69) is 4.98 Å². The lowest BCUT2D eigenvalue weighted by Gasteiger charge is -1.96. The number of rotatable bonds is 1. The molecule has 0 aliphatic rings. The van der Waals surface area contributed by atoms with E-state index < -0.39 is 11.8 Å². The highest BCUT2D eigenvalue weighted by atomic mass is 35.5. The first kappa shape index (κ1) is 9.02. The SMILES string of the molecule is O=C(O)c1c[nH]c2cc(Cl)cc(F)c12. The third-order valence-electron chi connectivity index (χ3n) is 1.93. The van der Waals surface area contributed by atoms with Crippen LogP contribution < -0.4 is 0 Å². The van der Waals surface area contributed by atoms with Crippen LogP contribution in [0, 0.1) is 5.82 Å². The highest BCUT2D eigenvalue weighted by molar-refractivity contribution is 6.31. The van der Waals surface area contributed by atoms with E-state index in [9.17, 15) is 9.18 Å². The molecule has 1 heterocycles. The summed E-state index contributed by atoms with van der Waals surface area (Å²) in [5.41, 5.74) is 0.293. The molecule has 0 atom stereocenters. The van der Waals surface area contributed by atoms with Crippen molar-refractivity contribution in [3.8, 4) is 0 Å². The highest BCUT2D eigenvalue weighted by Crippen LogP contribution is 2.25. The zero-order chi connectivity index (χ0) is 10.3. The summed E-state index contributed by atoms with van der Waals surface area (Å²) < 4.78 is 13.3. The Morgan fingerprint density at radius 3 is 2.86 bits per heavy atom. The molecule has 1 aromatic carbocycles. The van der Waals surface area contributed by atoms with Crippen LogP contribution in [-0.2, 0) is 0 Å². The van der Waals surface area contributed by atoms with Crippen LogP contribution >= 0.6 is 11.6 Å². The van der Waals surface area contributed by atoms with Crippen LogP contribution in [0.5, 0.6) is 0 Å². The first-order valence-electron chi connectivity index (χ1n) is 3.79. The molecule has 72 valence electrons. The van der Waals surface area contributed by atoms with Crippen molar-refractivity contribution in [2.24, 2.45) is 0 Å². The van der Waals surface area contributed by atoms with Crippen LogP contribution in [0.2, 0.25) is 5.02 Å². The Balaban J connectivity index is 2.85. The van der Waals surface area contributed by atoms with E-state index in [0.717, 1.165) is 6.07 Å². The summed E-state index contributed by atoms with van der Waals surface area (Å²) >= 11 is 5.61. The fraction of sp³-hybridized carbons (Fsp3) is 0. The fourth-order valence-corrected chi connectivity index (χ4v) is 1.56. The lowest BCUT2D eigenvalue weighted by Crippen LogP contribution is -1.94. The molecular weight excluding hydrogens is 209 g/mol. The normalized spacial score (nSPS) is 10.7. The van der Waals surface area contributed by atoms with E-state index in [1.165, 1.54) is 12.3 Å². The van der Waals surface area contributed by atoms with Crippen LogP contribution in [0.4, 0.5) is 4.39 Å². The fourth-order valence-electron chi connectivity index (χ4n) is 1.35. The summed E-state index contributed by atoms with van der Waals surface area (Å²) in [6.45, 7) is 0. The standard InChI is InChI=1S/C9H5ClFNO2/c10-4-1-6(11)8-5(9(13)14)3-12-7(8)2-4/h1-3,12H,(H,13,14). The predicted octanol–water partition coefficient (Wildman–Crippen LogP) is 2.66. The summed E-state index contributed by atoms with van der Waals surface area (Å²) in [6, 6.07) is 2.57. The van der Waals surface area contributed by atoms with Gasteiger partial charge in [-0.2, -0.15) is 0 Å². The molecule has 2 aromatic rings. The van der Waals surface area contributed by atoms with Crippen molar-refractivity contribution < 1.29 is 14.3 Å². The zero-order valence-corrected chi connectivity index (χ0v) is 7.60. The largest absolute Gasteiger partial charge is 0.478 e. The van der Waals surface area contributed by atoms with Crippen molar-refractivity contribution in [3.05, 3.63) is 34.7 Å². The zero-order valence-electron chi connectivity index (χ0n) is 6.84. The Hall–Kier alpha value is -1.55. The first-order chi connectivity index (χ1) is 6.59. The second-order valence-electron chi connectivity index (χ2n) is 2.82. The smallest absolute Gasteiger partial charge is 0.337 e. The Kier molecular flexibility index (Phi) is 1.93. The third kappa shape index (κ3) is 1.24. The van der Waals surface area contributed by atoms with Crippen molar-refractivity contribution in [2.45, 2.75) is 0 Å². The maximum Gasteiger partial charge on any atom is 0.337 e. The summed E-state index contributed by atoms with van der Waals surface area (Å²) in [4.78, 5) is 13.3. The molecule has 2 N–H and O–H groups in total. The first-order valence-corrected chi connectivity index (χ1v) is 4.17. The van der Waals surface area contributed by atoms with E-state index >= 15 is 0 Å². The van der Waals surface area contributed by atoms with Gasteiger partial charge in [0.1, 0.15) is 5.82 Å². The molecule has 0 amide bonds. The molecule has 0 unspecified atom stereocenters. The van der Waals surface area contributed by atoms with Crippen molar-refractivity contribution in [1.29, 1.82) is 0 Å². The van der Waals surface area contributed by atoms with Crippen LogP contribution in [0.1, 0.15) is 10.4 Å². The van der Waals surface area contributed by atoms with E-state index in [4.69, 9.17) is 16.7 Å². The number of H-pyrrole nitrogens is 1. The Bertz CT molecular complexity index is 521. The topological polar surface area (TPSA) is 53.1 Å². The van der Waals surface area contributed by atoms with Crippen LogP contribution in [0.3, 0.4) is 0 Å². The molecule has 0 spiro atoms. The lowest BCUT2D eigenvalue weighted by molar-refractivity contribution is 0.0699. The number of carboxylic acid groups (broad SMARTS) is 1. The molecule has 2 rings (SSSR count). The minimum absolute atomic E-state index is 0.0573. The van der Waals surface area contributed by atoms with Gasteiger partial charge in [-0.15, -0.1) is 0 Å². The maximum absolute atomic E-state index is 13.3. The number of aromatic carboxylic acids is 1. The Morgan fingerprint density at radius 2 is 2.21 bits per heavy atom. The van der Waals surface area contributed by atoms with Crippen LogP contribution in [0.15, 0.2) is 18.3 Å². The van der Waals surface area contributed by atoms with E-state index in [1.54, 1.807) is 0 Å². The number of aromatic amines is 1. The van der Waals surface area contributed by atoms with E-state index in [0.29, 0.717) is 5.52 Å². The van der Waals surface area contributed by atoms with Gasteiger partial charge in [0, 0.05) is 16.6 Å². The molecule has 5 heteroatoms. The van der Waals surface area contributed by atoms with Crippen molar-refractivity contribution in [1.82, 2.24) is 4.98 Å². The minimum Gasteiger partial charge on any atom is -0.478 e. The Labute approximate surface area is 83.1 Å². The summed E-state index contributed by atoms with van der Waals surface area (Å²) in [7, 11) is 0. The van der Waals surface area contributed by atoms with Gasteiger partial charge >= 0.3 is 5.97 Å². The Morgan fingerprint density at radius 1 is 1.50 bits per heavy atom. The quantitative estimate of drug-likeness (QED) is 0.765. The number of hydrogen-bond donors (Lipinski definition) is 2. The molecule has 0 saturated carbocycles. The van der Waals surface area contributed by atoms with Crippen molar-refractivity contribution in [2.75, 3.05) is 0 Å². The minimum atomic E-state index is -1.17. The monoisotopic (exact) mass is 213 g/mol. The van der Waals surface area contributed by atoms with Gasteiger partial charge in [-0.1, -0.05) is 11.6 Å². The number of nitrogens with one attached hydrogen (secondary N) is 1. The predicted molar refractivity (Wildman–Crippen MR) is 50.2 cm³/mol. The van der Waals surface area contributed by atoms with Crippen molar-refractivity contribution in [3.63, 3.8) is 0 Å². The average Bonchev–Trinajstić information content (AvgIpc) is 2.47. The number of hydrogen-bond acceptors (Lipinski definition) is 1. The summed E-state index contributed by atoms with van der Waals surface area (Å²) in [5, 5.41) is 9.03. The highest BCUT2D eigenvalue weighted by Gasteiger charge is 2.14. The van der Waals surface area contributed by atoms with Gasteiger partial charge in [0.15, 0.2) is 0 Å². The number of halogens is 2. The number of benzene rings is 1. The van der Waals surface area contributed by atoms with E-state index in [1.807, 2.05) is 0 Å². The summed E-state index contributed by atoms with van der Waals surface area (Å²) in [5.74, 6) is -1.80. The molecule has 0 saturated heterocycles. The molecule has 14 heavy (non-hydrogen) atoms. The lowest BCUT2D eigenvalue weighted by atomic mass is 10.1. The van der Waals surface area contributed by atoms with Gasteiger partial charge in [-0.05, 0) is 12.1 Å². The second-order valence-corrected chi connectivity index (χ2v) is 3.25. The average molecular weight is 214 g/mol. The molecule has 0 radical (unpaired) electrons. The molecule has 3 nitrogen and oxygen atoms in total. The number of carbonyl (C=O) groups is 1. The summed E-state index contributed by atoms with van der Waals surface area (Å²) in [6.07, 6.45) is 1.24. The molecule has 0 aliphatic heterocycles. The van der Waals surface area contributed by atoms with Crippen LogP contribution in [0.25, 0.3) is 10.9 Å².